The highest BCUT2D eigenvalue weighted by Crippen LogP contribution is 2.51. The van der Waals surface area contributed by atoms with E-state index in [1.807, 2.05) is 6.08 Å². The molecule has 0 aromatic rings. The van der Waals surface area contributed by atoms with Gasteiger partial charge in [0.1, 0.15) is 0 Å². The summed E-state index contributed by atoms with van der Waals surface area (Å²) in [5.41, 5.74) is 0.163. The van der Waals surface area contributed by atoms with Gasteiger partial charge in [0.25, 0.3) is 0 Å². The van der Waals surface area contributed by atoms with Crippen molar-refractivity contribution < 1.29 is 14.3 Å². The molecule has 3 heteroatoms. The number of carbonyl (C=O) groups is 2. The fraction of sp³-hybridized carbons (Fsp3) is 0.714. The van der Waals surface area contributed by atoms with Gasteiger partial charge in [-0.25, -0.2) is 0 Å². The summed E-state index contributed by atoms with van der Waals surface area (Å²) in [5.74, 6) is 0.809. The number of ketones is 1. The summed E-state index contributed by atoms with van der Waals surface area (Å²) < 4.78 is 5.57. The first-order valence-corrected chi connectivity index (χ1v) is 6.27. The quantitative estimate of drug-likeness (QED) is 0.545. The highest BCUT2D eigenvalue weighted by Gasteiger charge is 2.49. The molecule has 0 unspecified atom stereocenters. The smallest absolute Gasteiger partial charge is 0.166 e. The maximum atomic E-state index is 11.8. The first-order valence-electron chi connectivity index (χ1n) is 6.27. The van der Waals surface area contributed by atoms with Crippen LogP contribution in [0.25, 0.3) is 0 Å². The summed E-state index contributed by atoms with van der Waals surface area (Å²) in [7, 11) is 1.72. The molecule has 94 valence electrons. The van der Waals surface area contributed by atoms with Gasteiger partial charge in [-0.1, -0.05) is 19.9 Å². The fourth-order valence-electron chi connectivity index (χ4n) is 3.60. The van der Waals surface area contributed by atoms with Gasteiger partial charge in [0.2, 0.25) is 0 Å². The molecule has 0 bridgehead atoms. The summed E-state index contributed by atoms with van der Waals surface area (Å²) in [4.78, 5) is 22.8. The number of ether oxygens (including phenoxy) is 1. The van der Waals surface area contributed by atoms with Crippen molar-refractivity contribution in [2.24, 2.45) is 17.3 Å². The zero-order chi connectivity index (χ0) is 12.6. The number of rotatable bonds is 2. The number of allylic oxidation sites excluding steroid dienone is 1. The number of hydrogen-bond donors (Lipinski definition) is 0. The summed E-state index contributed by atoms with van der Waals surface area (Å²) in [6, 6.07) is 0. The van der Waals surface area contributed by atoms with E-state index >= 15 is 0 Å². The van der Waals surface area contributed by atoms with Crippen LogP contribution in [0.3, 0.4) is 0 Å². The van der Waals surface area contributed by atoms with Gasteiger partial charge in [0.15, 0.2) is 12.1 Å². The van der Waals surface area contributed by atoms with Crippen LogP contribution >= 0.6 is 0 Å². The second-order valence-corrected chi connectivity index (χ2v) is 5.60. The molecule has 17 heavy (non-hydrogen) atoms. The van der Waals surface area contributed by atoms with Crippen molar-refractivity contribution in [3.05, 3.63) is 11.6 Å². The van der Waals surface area contributed by atoms with E-state index in [0.29, 0.717) is 30.1 Å². The molecule has 2 aliphatic rings. The summed E-state index contributed by atoms with van der Waals surface area (Å²) in [6.45, 7) is 4.32. The molecule has 1 fully saturated rings. The molecule has 0 amide bonds. The molecule has 0 aromatic heterocycles. The molecule has 0 N–H and O–H groups in total. The van der Waals surface area contributed by atoms with Crippen LogP contribution in [0.4, 0.5) is 0 Å². The van der Waals surface area contributed by atoms with Crippen molar-refractivity contribution in [3.8, 4) is 0 Å². The molecule has 0 aliphatic heterocycles. The standard InChI is InChI=1S/C14H20O3/c1-9-4-5-13(17-3)14(2)7-10(8-15)12(16)6-11(9)14/h7-9,11,13H,4-6H2,1-3H3/t9-,11+,13-,14-/m1/s1. The van der Waals surface area contributed by atoms with Gasteiger partial charge < -0.3 is 4.74 Å². The zero-order valence-electron chi connectivity index (χ0n) is 10.7. The molecule has 0 saturated heterocycles. The molecule has 0 aromatic carbocycles. The van der Waals surface area contributed by atoms with Gasteiger partial charge in [-0.3, -0.25) is 9.59 Å². The minimum absolute atomic E-state index is 0.00826. The molecule has 2 rings (SSSR count). The summed E-state index contributed by atoms with van der Waals surface area (Å²) in [6.07, 6.45) is 5.25. The van der Waals surface area contributed by atoms with Crippen molar-refractivity contribution in [2.75, 3.05) is 7.11 Å². The van der Waals surface area contributed by atoms with Crippen LogP contribution in [-0.4, -0.2) is 25.3 Å². The Labute approximate surface area is 102 Å². The van der Waals surface area contributed by atoms with Crippen LogP contribution in [0, 0.1) is 17.3 Å². The molecule has 4 atom stereocenters. The van der Waals surface area contributed by atoms with E-state index in [1.54, 1.807) is 7.11 Å². The lowest BCUT2D eigenvalue weighted by Gasteiger charge is -2.50. The number of aldehydes is 1. The molecule has 2 aliphatic carbocycles. The third-order valence-corrected chi connectivity index (χ3v) is 4.67. The van der Waals surface area contributed by atoms with E-state index < -0.39 is 0 Å². The third kappa shape index (κ3) is 1.86. The van der Waals surface area contributed by atoms with Crippen molar-refractivity contribution >= 4 is 12.1 Å². The van der Waals surface area contributed by atoms with E-state index in [-0.39, 0.29) is 17.3 Å². The monoisotopic (exact) mass is 236 g/mol. The van der Waals surface area contributed by atoms with E-state index in [0.717, 1.165) is 12.8 Å². The van der Waals surface area contributed by atoms with Crippen molar-refractivity contribution in [2.45, 2.75) is 39.2 Å². The van der Waals surface area contributed by atoms with Crippen LogP contribution < -0.4 is 0 Å². The Bertz CT molecular complexity index is 372. The maximum absolute atomic E-state index is 11.8. The first kappa shape index (κ1) is 12.5. The van der Waals surface area contributed by atoms with E-state index in [2.05, 4.69) is 13.8 Å². The maximum Gasteiger partial charge on any atom is 0.166 e. The van der Waals surface area contributed by atoms with Crippen molar-refractivity contribution in [1.29, 1.82) is 0 Å². The van der Waals surface area contributed by atoms with Crippen LogP contribution in [-0.2, 0) is 14.3 Å². The molecule has 0 heterocycles. The van der Waals surface area contributed by atoms with Crippen molar-refractivity contribution in [3.63, 3.8) is 0 Å². The highest BCUT2D eigenvalue weighted by atomic mass is 16.5. The van der Waals surface area contributed by atoms with Gasteiger partial charge in [-0.05, 0) is 24.7 Å². The van der Waals surface area contributed by atoms with E-state index in [9.17, 15) is 9.59 Å². The van der Waals surface area contributed by atoms with Gasteiger partial charge in [-0.15, -0.1) is 0 Å². The Morgan fingerprint density at radius 2 is 2.18 bits per heavy atom. The minimum Gasteiger partial charge on any atom is -0.381 e. The molecule has 3 nitrogen and oxygen atoms in total. The van der Waals surface area contributed by atoms with E-state index in [4.69, 9.17) is 4.74 Å². The van der Waals surface area contributed by atoms with Gasteiger partial charge in [0.05, 0.1) is 11.7 Å². The normalized spacial score (nSPS) is 41.7. The molecule has 0 radical (unpaired) electrons. The van der Waals surface area contributed by atoms with Crippen LogP contribution in [0.2, 0.25) is 0 Å². The van der Waals surface area contributed by atoms with Crippen molar-refractivity contribution in [1.82, 2.24) is 0 Å². The fourth-order valence-corrected chi connectivity index (χ4v) is 3.60. The molecule has 1 saturated carbocycles. The minimum atomic E-state index is -0.170. The topological polar surface area (TPSA) is 43.4 Å². The largest absolute Gasteiger partial charge is 0.381 e. The summed E-state index contributed by atoms with van der Waals surface area (Å²) >= 11 is 0. The first-order chi connectivity index (χ1) is 8.02. The second-order valence-electron chi connectivity index (χ2n) is 5.60. The third-order valence-electron chi connectivity index (χ3n) is 4.67. The van der Waals surface area contributed by atoms with E-state index in [1.165, 1.54) is 0 Å². The predicted octanol–water partition coefficient (Wildman–Crippen LogP) is 2.15. The number of hydrogen-bond acceptors (Lipinski definition) is 3. The Balaban J connectivity index is 2.44. The second kappa shape index (κ2) is 4.37. The Kier molecular flexibility index (Phi) is 3.21. The average Bonchev–Trinajstić information content (AvgIpc) is 2.31. The zero-order valence-corrected chi connectivity index (χ0v) is 10.7. The van der Waals surface area contributed by atoms with Gasteiger partial charge in [0, 0.05) is 18.9 Å². The lowest BCUT2D eigenvalue weighted by Crippen LogP contribution is -2.49. The number of Topliss-reactive ketones (excluding diaryl/α,β-unsaturated/α-hetero) is 1. The van der Waals surface area contributed by atoms with Crippen LogP contribution in [0.15, 0.2) is 11.6 Å². The molecular formula is C14H20O3. The highest BCUT2D eigenvalue weighted by molar-refractivity contribution is 6.12. The molecule has 0 spiro atoms. The lowest BCUT2D eigenvalue weighted by atomic mass is 9.57. The Morgan fingerprint density at radius 1 is 1.47 bits per heavy atom. The Morgan fingerprint density at radius 3 is 2.76 bits per heavy atom. The number of methoxy groups -OCH3 is 1. The Hall–Kier alpha value is -0.960. The number of fused-ring (bicyclic) bond motifs is 1. The average molecular weight is 236 g/mol. The number of carbonyl (C=O) groups excluding carboxylic acids is 2. The molecular weight excluding hydrogens is 216 g/mol. The van der Waals surface area contributed by atoms with Gasteiger partial charge >= 0.3 is 0 Å². The predicted molar refractivity (Wildman–Crippen MR) is 64.6 cm³/mol. The van der Waals surface area contributed by atoms with Crippen LogP contribution in [0.5, 0.6) is 0 Å². The lowest BCUT2D eigenvalue weighted by molar-refractivity contribution is -0.125. The van der Waals surface area contributed by atoms with Crippen LogP contribution in [0.1, 0.15) is 33.1 Å². The van der Waals surface area contributed by atoms with Gasteiger partial charge in [-0.2, -0.15) is 0 Å². The SMILES string of the molecule is CO[C@@H]1CC[C@@H](C)[C@@H]2CC(=O)C(C=O)=C[C@@]12C. The summed E-state index contributed by atoms with van der Waals surface area (Å²) in [5, 5.41) is 0.